The molecule has 4 rings (SSSR count). The summed E-state index contributed by atoms with van der Waals surface area (Å²) in [6.07, 6.45) is 1.18. The predicted molar refractivity (Wildman–Crippen MR) is 125 cm³/mol. The third-order valence-electron chi connectivity index (χ3n) is 5.59. The Kier molecular flexibility index (Phi) is 5.67. The molecule has 0 spiro atoms. The van der Waals surface area contributed by atoms with E-state index in [0.717, 1.165) is 6.07 Å². The Bertz CT molecular complexity index is 1490. The number of nitro groups is 2. The molecule has 35 heavy (non-hydrogen) atoms. The zero-order chi connectivity index (χ0) is 25.4. The fourth-order valence-corrected chi connectivity index (χ4v) is 3.95. The maximum absolute atomic E-state index is 12.7. The summed E-state index contributed by atoms with van der Waals surface area (Å²) >= 11 is 0. The highest BCUT2D eigenvalue weighted by atomic mass is 16.6. The Hall–Kier alpha value is -5.19. The van der Waals surface area contributed by atoms with Gasteiger partial charge in [0, 0.05) is 34.5 Å². The summed E-state index contributed by atoms with van der Waals surface area (Å²) in [4.78, 5) is 58.7. The molecule has 11 heteroatoms. The molecule has 0 radical (unpaired) electrons. The number of ketones is 2. The summed E-state index contributed by atoms with van der Waals surface area (Å²) in [7, 11) is 0. The number of allylic oxidation sites excluding steroid dienone is 2. The zero-order valence-electron chi connectivity index (χ0n) is 18.1. The minimum Gasteiger partial charge on any atom is -0.366 e. The van der Waals surface area contributed by atoms with Crippen molar-refractivity contribution in [3.63, 3.8) is 0 Å². The standard InChI is InChI=1S/C24H16N4O7/c1-12-17(24(25)31)10-19(27(32)33)21(22(12)28(34)35)13-6-8-14(9-7-13)26-18-11-20(29)15-4-2-3-5-16(15)23(18)30/h2-11,26H,1H3,(H2,25,31). The number of nitrogens with two attached hydrogens (primary N) is 1. The third-order valence-corrected chi connectivity index (χ3v) is 5.59. The van der Waals surface area contributed by atoms with Crippen molar-refractivity contribution in [3.8, 4) is 11.1 Å². The van der Waals surface area contributed by atoms with Crippen LogP contribution in [-0.4, -0.2) is 27.3 Å². The number of rotatable bonds is 6. The Morgan fingerprint density at radius 1 is 0.943 bits per heavy atom. The number of fused-ring (bicyclic) bond motifs is 1. The van der Waals surface area contributed by atoms with Gasteiger partial charge < -0.3 is 11.1 Å². The molecule has 0 atom stereocenters. The van der Waals surface area contributed by atoms with E-state index in [1.807, 2.05) is 0 Å². The number of hydrogen-bond donors (Lipinski definition) is 2. The summed E-state index contributed by atoms with van der Waals surface area (Å²) in [5, 5.41) is 26.4. The molecule has 1 amide bonds. The fraction of sp³-hybridized carbons (Fsp3) is 0.0417. The average molecular weight is 472 g/mol. The first-order valence-electron chi connectivity index (χ1n) is 10.1. The van der Waals surface area contributed by atoms with Crippen molar-refractivity contribution in [1.29, 1.82) is 0 Å². The van der Waals surface area contributed by atoms with Crippen molar-refractivity contribution in [3.05, 3.63) is 109 Å². The van der Waals surface area contributed by atoms with Crippen LogP contribution in [0.4, 0.5) is 17.1 Å². The second kappa shape index (κ2) is 8.63. The predicted octanol–water partition coefficient (Wildman–Crippen LogP) is 3.95. The van der Waals surface area contributed by atoms with Crippen LogP contribution in [0.3, 0.4) is 0 Å². The number of carbonyl (C=O) groups excluding carboxylic acids is 3. The van der Waals surface area contributed by atoms with Crippen LogP contribution in [0.1, 0.15) is 36.6 Å². The van der Waals surface area contributed by atoms with Gasteiger partial charge in [-0.15, -0.1) is 0 Å². The number of nitro benzene ring substituents is 2. The SMILES string of the molecule is Cc1c(C(N)=O)cc([N+](=O)[O-])c(-c2ccc(NC3=CC(=O)c4ccccc4C3=O)cc2)c1[N+](=O)[O-]. The summed E-state index contributed by atoms with van der Waals surface area (Å²) in [6, 6.07) is 13.0. The minimum absolute atomic E-state index is 0.0417. The Morgan fingerprint density at radius 3 is 2.14 bits per heavy atom. The fourth-order valence-electron chi connectivity index (χ4n) is 3.95. The molecule has 1 aliphatic carbocycles. The largest absolute Gasteiger partial charge is 0.366 e. The highest BCUT2D eigenvalue weighted by Crippen LogP contribution is 2.42. The first-order chi connectivity index (χ1) is 16.6. The molecule has 0 saturated carbocycles. The molecule has 11 nitrogen and oxygen atoms in total. The van der Waals surface area contributed by atoms with Gasteiger partial charge in [0.25, 0.3) is 11.4 Å². The van der Waals surface area contributed by atoms with E-state index in [1.165, 1.54) is 37.3 Å². The maximum atomic E-state index is 12.7. The Labute approximate surface area is 197 Å². The van der Waals surface area contributed by atoms with Crippen LogP contribution in [0, 0.1) is 27.2 Å². The van der Waals surface area contributed by atoms with Crippen LogP contribution in [-0.2, 0) is 0 Å². The molecule has 1 aliphatic rings. The lowest BCUT2D eigenvalue weighted by Crippen LogP contribution is -2.21. The summed E-state index contributed by atoms with van der Waals surface area (Å²) in [5.74, 6) is -1.75. The first-order valence-corrected chi connectivity index (χ1v) is 10.1. The number of primary amides is 1. The van der Waals surface area contributed by atoms with E-state index in [1.54, 1.807) is 24.3 Å². The number of anilines is 1. The Balaban J connectivity index is 1.75. The first kappa shape index (κ1) is 23.0. The average Bonchev–Trinajstić information content (AvgIpc) is 2.82. The molecule has 174 valence electrons. The number of Topliss-reactive ketones (excluding diaryl/α,β-unsaturated/α-hetero) is 1. The van der Waals surface area contributed by atoms with E-state index in [4.69, 9.17) is 5.73 Å². The van der Waals surface area contributed by atoms with Crippen LogP contribution in [0.15, 0.2) is 66.4 Å². The number of amides is 1. The molecule has 0 saturated heterocycles. The van der Waals surface area contributed by atoms with Crippen molar-refractivity contribution in [1.82, 2.24) is 0 Å². The molecule has 3 N–H and O–H groups in total. The Morgan fingerprint density at radius 2 is 1.57 bits per heavy atom. The van der Waals surface area contributed by atoms with Gasteiger partial charge in [0.2, 0.25) is 11.7 Å². The van der Waals surface area contributed by atoms with Crippen molar-refractivity contribution < 1.29 is 24.2 Å². The highest BCUT2D eigenvalue weighted by Gasteiger charge is 2.32. The van der Waals surface area contributed by atoms with Gasteiger partial charge in [0.15, 0.2) is 5.78 Å². The normalized spacial score (nSPS) is 12.5. The lowest BCUT2D eigenvalue weighted by atomic mass is 9.92. The van der Waals surface area contributed by atoms with E-state index in [2.05, 4.69) is 5.32 Å². The smallest absolute Gasteiger partial charge is 0.287 e. The van der Waals surface area contributed by atoms with Crippen LogP contribution in [0.5, 0.6) is 0 Å². The van der Waals surface area contributed by atoms with Crippen molar-refractivity contribution in [2.45, 2.75) is 6.92 Å². The van der Waals surface area contributed by atoms with E-state index in [9.17, 15) is 34.6 Å². The van der Waals surface area contributed by atoms with E-state index in [-0.39, 0.29) is 45.1 Å². The maximum Gasteiger partial charge on any atom is 0.287 e. The van der Waals surface area contributed by atoms with Crippen molar-refractivity contribution in [2.24, 2.45) is 5.73 Å². The molecule has 0 heterocycles. The molecule has 3 aromatic carbocycles. The van der Waals surface area contributed by atoms with Gasteiger partial charge in [0.05, 0.1) is 21.1 Å². The molecular formula is C24H16N4O7. The minimum atomic E-state index is -1.03. The van der Waals surface area contributed by atoms with Gasteiger partial charge in [0.1, 0.15) is 5.56 Å². The van der Waals surface area contributed by atoms with E-state index < -0.39 is 27.1 Å². The number of hydrogen-bond acceptors (Lipinski definition) is 8. The quantitative estimate of drug-likeness (QED) is 0.400. The van der Waals surface area contributed by atoms with E-state index >= 15 is 0 Å². The molecule has 0 aliphatic heterocycles. The monoisotopic (exact) mass is 472 g/mol. The molecule has 0 aromatic heterocycles. The van der Waals surface area contributed by atoms with Gasteiger partial charge in [-0.3, -0.25) is 34.6 Å². The van der Waals surface area contributed by atoms with Gasteiger partial charge >= 0.3 is 0 Å². The van der Waals surface area contributed by atoms with Crippen LogP contribution in [0.25, 0.3) is 11.1 Å². The van der Waals surface area contributed by atoms with Gasteiger partial charge in [-0.05, 0) is 24.6 Å². The molecule has 3 aromatic rings. The molecular weight excluding hydrogens is 456 g/mol. The second-order valence-electron chi connectivity index (χ2n) is 7.67. The van der Waals surface area contributed by atoms with Gasteiger partial charge in [-0.2, -0.15) is 0 Å². The molecule has 0 bridgehead atoms. The summed E-state index contributed by atoms with van der Waals surface area (Å²) in [6.45, 7) is 1.29. The number of benzene rings is 3. The molecule has 0 unspecified atom stereocenters. The second-order valence-corrected chi connectivity index (χ2v) is 7.67. The zero-order valence-corrected chi connectivity index (χ0v) is 18.1. The lowest BCUT2D eigenvalue weighted by molar-refractivity contribution is -0.393. The summed E-state index contributed by atoms with van der Waals surface area (Å²) in [5.41, 5.74) is 4.40. The number of nitrogens with zero attached hydrogens (tertiary/aromatic N) is 2. The van der Waals surface area contributed by atoms with Gasteiger partial charge in [-0.25, -0.2) is 0 Å². The van der Waals surface area contributed by atoms with Crippen LogP contribution >= 0.6 is 0 Å². The lowest BCUT2D eigenvalue weighted by Gasteiger charge is -2.16. The third kappa shape index (κ3) is 4.02. The van der Waals surface area contributed by atoms with Crippen LogP contribution in [0.2, 0.25) is 0 Å². The topological polar surface area (TPSA) is 176 Å². The highest BCUT2D eigenvalue weighted by molar-refractivity contribution is 6.25. The number of carbonyl (C=O) groups is 3. The van der Waals surface area contributed by atoms with Crippen LogP contribution < -0.4 is 11.1 Å². The molecule has 0 fully saturated rings. The summed E-state index contributed by atoms with van der Waals surface area (Å²) < 4.78 is 0. The van der Waals surface area contributed by atoms with Crippen molar-refractivity contribution >= 4 is 34.5 Å². The van der Waals surface area contributed by atoms with Gasteiger partial charge in [-0.1, -0.05) is 36.4 Å². The van der Waals surface area contributed by atoms with E-state index in [0.29, 0.717) is 11.3 Å². The number of nitrogens with one attached hydrogen (secondary N) is 1. The van der Waals surface area contributed by atoms with Crippen molar-refractivity contribution in [2.75, 3.05) is 5.32 Å².